The van der Waals surface area contributed by atoms with Crippen molar-refractivity contribution in [3.05, 3.63) is 64.1 Å². The zero-order valence-electron chi connectivity index (χ0n) is 19.9. The highest BCUT2D eigenvalue weighted by Crippen LogP contribution is 2.34. The Balaban J connectivity index is 1.23. The Morgan fingerprint density at radius 1 is 1.11 bits per heavy atom. The van der Waals surface area contributed by atoms with Gasteiger partial charge in [-0.15, -0.1) is 11.3 Å². The van der Waals surface area contributed by atoms with Gasteiger partial charge in [-0.25, -0.2) is 4.98 Å². The van der Waals surface area contributed by atoms with Gasteiger partial charge in [0.15, 0.2) is 6.61 Å². The summed E-state index contributed by atoms with van der Waals surface area (Å²) < 4.78 is 11.4. The van der Waals surface area contributed by atoms with Gasteiger partial charge in [-0.3, -0.25) is 14.5 Å². The predicted molar refractivity (Wildman–Crippen MR) is 136 cm³/mol. The van der Waals surface area contributed by atoms with Gasteiger partial charge < -0.3 is 19.3 Å². The number of para-hydroxylation sites is 2. The number of hydrogen-bond donors (Lipinski definition) is 0. The molecular weight excluding hydrogens is 464 g/mol. The lowest BCUT2D eigenvalue weighted by molar-refractivity contribution is -0.121. The monoisotopic (exact) mass is 492 g/mol. The van der Waals surface area contributed by atoms with Crippen LogP contribution < -0.4 is 19.3 Å². The lowest BCUT2D eigenvalue weighted by Crippen LogP contribution is -2.49. The lowest BCUT2D eigenvalue weighted by atomic mass is 10.1. The fourth-order valence-corrected chi connectivity index (χ4v) is 5.17. The highest BCUT2D eigenvalue weighted by Gasteiger charge is 2.28. The molecule has 0 saturated carbocycles. The lowest BCUT2D eigenvalue weighted by Gasteiger charge is -2.36. The maximum absolute atomic E-state index is 13.1. The van der Waals surface area contributed by atoms with Crippen molar-refractivity contribution in [2.75, 3.05) is 49.2 Å². The number of hydrogen-bond acceptors (Lipinski definition) is 7. The number of ether oxygens (including phenoxy) is 2. The van der Waals surface area contributed by atoms with E-state index in [0.29, 0.717) is 37.7 Å². The Morgan fingerprint density at radius 3 is 2.71 bits per heavy atom. The summed E-state index contributed by atoms with van der Waals surface area (Å²) in [7, 11) is 0. The molecule has 1 saturated heterocycles. The second-order valence-corrected chi connectivity index (χ2v) is 9.49. The second kappa shape index (κ2) is 9.95. The van der Waals surface area contributed by atoms with Gasteiger partial charge in [0.25, 0.3) is 11.8 Å². The molecular formula is C26H28N4O4S. The number of aryl methyl sites for hydroxylation is 1. The number of nitrogens with zero attached hydrogens (tertiary/aromatic N) is 4. The largest absolute Gasteiger partial charge is 0.492 e. The first-order chi connectivity index (χ1) is 17.0. The minimum absolute atomic E-state index is 0.00428. The summed E-state index contributed by atoms with van der Waals surface area (Å²) in [4.78, 5) is 36.0. The number of carbonyl (C=O) groups is 2. The summed E-state index contributed by atoms with van der Waals surface area (Å²) in [6, 6.07) is 13.8. The standard InChI is InChI=1S/C26H28N4O4S/c1-3-33-22-7-5-4-6-20(22)28-10-12-29(13-11-28)26(32)19-17-35-24(27-19)15-30-21-9-8-18(2)14-23(21)34-16-25(30)31/h4-9,14,17H,3,10-13,15-16H2,1-2H3. The molecule has 9 heteroatoms. The number of rotatable bonds is 6. The van der Waals surface area contributed by atoms with E-state index in [9.17, 15) is 9.59 Å². The van der Waals surface area contributed by atoms with Crippen LogP contribution in [-0.4, -0.2) is 61.1 Å². The zero-order chi connectivity index (χ0) is 24.4. The van der Waals surface area contributed by atoms with Crippen molar-refractivity contribution in [3.8, 4) is 11.5 Å². The first kappa shape index (κ1) is 23.2. The molecule has 35 heavy (non-hydrogen) atoms. The SMILES string of the molecule is CCOc1ccccc1N1CCN(C(=O)c2csc(CN3C(=O)COc4cc(C)ccc43)n2)CC1. The number of aromatic nitrogens is 1. The third kappa shape index (κ3) is 4.81. The smallest absolute Gasteiger partial charge is 0.273 e. The van der Waals surface area contributed by atoms with Crippen LogP contribution in [0.1, 0.15) is 28.0 Å². The average Bonchev–Trinajstić information content (AvgIpc) is 3.35. The first-order valence-electron chi connectivity index (χ1n) is 11.8. The minimum Gasteiger partial charge on any atom is -0.492 e. The highest BCUT2D eigenvalue weighted by atomic mass is 32.1. The Labute approximate surface area is 208 Å². The number of fused-ring (bicyclic) bond motifs is 1. The number of thiazole rings is 1. The van der Waals surface area contributed by atoms with Crippen LogP contribution >= 0.6 is 11.3 Å². The number of carbonyl (C=O) groups excluding carboxylic acids is 2. The number of benzene rings is 2. The molecule has 182 valence electrons. The molecule has 2 amide bonds. The van der Waals surface area contributed by atoms with Gasteiger partial charge >= 0.3 is 0 Å². The van der Waals surface area contributed by atoms with Gasteiger partial charge in [0, 0.05) is 31.6 Å². The van der Waals surface area contributed by atoms with Crippen LogP contribution in [0.5, 0.6) is 11.5 Å². The molecule has 1 fully saturated rings. The number of anilines is 2. The van der Waals surface area contributed by atoms with Gasteiger partial charge in [0.05, 0.1) is 24.5 Å². The third-order valence-corrected chi connectivity index (χ3v) is 7.03. The average molecular weight is 493 g/mol. The summed E-state index contributed by atoms with van der Waals surface area (Å²) in [5.41, 5.74) is 3.29. The van der Waals surface area contributed by atoms with Crippen LogP contribution in [0, 0.1) is 6.92 Å². The highest BCUT2D eigenvalue weighted by molar-refractivity contribution is 7.09. The van der Waals surface area contributed by atoms with E-state index in [1.807, 2.05) is 55.1 Å². The Hall–Kier alpha value is -3.59. The molecule has 0 bridgehead atoms. The zero-order valence-corrected chi connectivity index (χ0v) is 20.7. The maximum Gasteiger partial charge on any atom is 0.273 e. The van der Waals surface area contributed by atoms with Gasteiger partial charge in [-0.1, -0.05) is 18.2 Å². The van der Waals surface area contributed by atoms with E-state index < -0.39 is 0 Å². The van der Waals surface area contributed by atoms with Crippen LogP contribution in [0.4, 0.5) is 11.4 Å². The van der Waals surface area contributed by atoms with E-state index >= 15 is 0 Å². The number of amides is 2. The molecule has 1 aromatic heterocycles. The van der Waals surface area contributed by atoms with Gasteiger partial charge in [0.1, 0.15) is 22.2 Å². The molecule has 8 nitrogen and oxygen atoms in total. The van der Waals surface area contributed by atoms with Crippen molar-refractivity contribution in [2.24, 2.45) is 0 Å². The quantitative estimate of drug-likeness (QED) is 0.522. The molecule has 0 N–H and O–H groups in total. The fourth-order valence-electron chi connectivity index (χ4n) is 4.41. The molecule has 2 aromatic carbocycles. The van der Waals surface area contributed by atoms with E-state index in [-0.39, 0.29) is 18.4 Å². The van der Waals surface area contributed by atoms with E-state index in [2.05, 4.69) is 16.0 Å². The molecule has 0 atom stereocenters. The fraction of sp³-hybridized carbons (Fsp3) is 0.346. The Morgan fingerprint density at radius 2 is 1.91 bits per heavy atom. The van der Waals surface area contributed by atoms with Crippen LogP contribution in [0.15, 0.2) is 47.8 Å². The van der Waals surface area contributed by atoms with E-state index in [1.165, 1.54) is 11.3 Å². The van der Waals surface area contributed by atoms with Crippen molar-refractivity contribution in [2.45, 2.75) is 20.4 Å². The summed E-state index contributed by atoms with van der Waals surface area (Å²) in [6.07, 6.45) is 0. The topological polar surface area (TPSA) is 75.2 Å². The van der Waals surface area contributed by atoms with E-state index in [4.69, 9.17) is 9.47 Å². The second-order valence-electron chi connectivity index (χ2n) is 8.55. The molecule has 3 aromatic rings. The van der Waals surface area contributed by atoms with Crippen LogP contribution in [0.3, 0.4) is 0 Å². The summed E-state index contributed by atoms with van der Waals surface area (Å²) in [6.45, 7) is 7.58. The summed E-state index contributed by atoms with van der Waals surface area (Å²) >= 11 is 1.40. The normalized spacial score (nSPS) is 15.6. The van der Waals surface area contributed by atoms with Crippen molar-refractivity contribution >= 4 is 34.5 Å². The molecule has 5 rings (SSSR count). The van der Waals surface area contributed by atoms with Crippen molar-refractivity contribution in [1.29, 1.82) is 0 Å². The first-order valence-corrected chi connectivity index (χ1v) is 12.7. The van der Waals surface area contributed by atoms with Gasteiger partial charge in [-0.05, 0) is 43.7 Å². The molecule has 2 aliphatic rings. The maximum atomic E-state index is 13.1. The molecule has 0 unspecified atom stereocenters. The predicted octanol–water partition coefficient (Wildman–Crippen LogP) is 3.74. The third-order valence-electron chi connectivity index (χ3n) is 6.20. The summed E-state index contributed by atoms with van der Waals surface area (Å²) in [5, 5.41) is 2.51. The van der Waals surface area contributed by atoms with Crippen molar-refractivity contribution < 1.29 is 19.1 Å². The molecule has 3 heterocycles. The van der Waals surface area contributed by atoms with E-state index in [0.717, 1.165) is 40.8 Å². The van der Waals surface area contributed by atoms with Gasteiger partial charge in [0.2, 0.25) is 0 Å². The molecule has 0 aliphatic carbocycles. The molecule has 0 radical (unpaired) electrons. The minimum atomic E-state index is -0.118. The van der Waals surface area contributed by atoms with Gasteiger partial charge in [-0.2, -0.15) is 0 Å². The van der Waals surface area contributed by atoms with Crippen LogP contribution in [0.2, 0.25) is 0 Å². The molecule has 0 spiro atoms. The molecule has 2 aliphatic heterocycles. The van der Waals surface area contributed by atoms with Crippen LogP contribution in [-0.2, 0) is 11.3 Å². The van der Waals surface area contributed by atoms with Crippen LogP contribution in [0.25, 0.3) is 0 Å². The van der Waals surface area contributed by atoms with Crippen molar-refractivity contribution in [3.63, 3.8) is 0 Å². The number of piperazine rings is 1. The summed E-state index contributed by atoms with van der Waals surface area (Å²) in [5.74, 6) is 1.37. The van der Waals surface area contributed by atoms with Crippen molar-refractivity contribution in [1.82, 2.24) is 9.88 Å². The Kier molecular flexibility index (Phi) is 6.59. The van der Waals surface area contributed by atoms with E-state index in [1.54, 1.807) is 10.3 Å². The Bertz CT molecular complexity index is 1240.